The van der Waals surface area contributed by atoms with E-state index in [4.69, 9.17) is 4.74 Å². The van der Waals surface area contributed by atoms with Crippen LogP contribution in [0.1, 0.15) is 39.5 Å². The molecule has 1 heterocycles. The number of hydrogen-bond donors (Lipinski definition) is 1. The first kappa shape index (κ1) is 14.6. The van der Waals surface area contributed by atoms with Gasteiger partial charge in [-0.15, -0.1) is 0 Å². The van der Waals surface area contributed by atoms with Gasteiger partial charge in [0.2, 0.25) is 11.7 Å². The Morgan fingerprint density at radius 1 is 1.40 bits per heavy atom. The van der Waals surface area contributed by atoms with Gasteiger partial charge in [0.15, 0.2) is 0 Å². The van der Waals surface area contributed by atoms with Gasteiger partial charge in [-0.3, -0.25) is 10.1 Å². The smallest absolute Gasteiger partial charge is 0.311 e. The number of ether oxygens (including phenoxy) is 1. The van der Waals surface area contributed by atoms with Crippen LogP contribution < -0.4 is 10.1 Å². The topological polar surface area (TPSA) is 77.3 Å². The molecule has 0 aromatic carbocycles. The van der Waals surface area contributed by atoms with Crippen molar-refractivity contribution in [3.05, 3.63) is 22.2 Å². The predicted octanol–water partition coefficient (Wildman–Crippen LogP) is 3.38. The van der Waals surface area contributed by atoms with Crippen molar-refractivity contribution >= 4 is 11.5 Å². The summed E-state index contributed by atoms with van der Waals surface area (Å²) in [6, 6.07) is 3.18. The zero-order valence-electron chi connectivity index (χ0n) is 12.2. The predicted molar refractivity (Wildman–Crippen MR) is 77.1 cm³/mol. The first-order chi connectivity index (χ1) is 9.41. The molecule has 110 valence electrons. The van der Waals surface area contributed by atoms with Gasteiger partial charge in [0.1, 0.15) is 0 Å². The molecule has 1 aromatic heterocycles. The van der Waals surface area contributed by atoms with Crippen molar-refractivity contribution < 1.29 is 9.66 Å². The van der Waals surface area contributed by atoms with Gasteiger partial charge in [-0.05, 0) is 31.1 Å². The summed E-state index contributed by atoms with van der Waals surface area (Å²) in [7, 11) is 1.50. The molecule has 0 atom stereocenters. The van der Waals surface area contributed by atoms with Crippen LogP contribution in [-0.4, -0.2) is 23.1 Å². The van der Waals surface area contributed by atoms with E-state index in [1.165, 1.54) is 19.2 Å². The fourth-order valence-electron chi connectivity index (χ4n) is 2.54. The Bertz CT molecular complexity index is 492. The number of rotatable bonds is 4. The van der Waals surface area contributed by atoms with Crippen LogP contribution in [0.15, 0.2) is 12.1 Å². The van der Waals surface area contributed by atoms with E-state index >= 15 is 0 Å². The normalized spacial score (nSPS) is 18.6. The Labute approximate surface area is 118 Å². The van der Waals surface area contributed by atoms with Crippen molar-refractivity contribution in [2.24, 2.45) is 5.41 Å². The summed E-state index contributed by atoms with van der Waals surface area (Å²) in [5.74, 6) is 0.688. The van der Waals surface area contributed by atoms with Crippen molar-refractivity contribution in [3.63, 3.8) is 0 Å². The van der Waals surface area contributed by atoms with E-state index in [1.54, 1.807) is 0 Å². The SMILES string of the molecule is COc1ccc([N+](=O)[O-])c(NC2CCC(C)(C)CC2)n1. The summed E-state index contributed by atoms with van der Waals surface area (Å²) in [6.07, 6.45) is 4.23. The molecule has 1 fully saturated rings. The Hall–Kier alpha value is -1.85. The second-order valence-electron chi connectivity index (χ2n) is 6.06. The molecule has 0 bridgehead atoms. The highest BCUT2D eigenvalue weighted by molar-refractivity contribution is 5.57. The number of nitrogens with one attached hydrogen (secondary N) is 1. The number of pyridine rings is 1. The largest absolute Gasteiger partial charge is 0.481 e. The molecule has 1 aliphatic carbocycles. The van der Waals surface area contributed by atoms with Gasteiger partial charge in [0.25, 0.3) is 0 Å². The van der Waals surface area contributed by atoms with Crippen molar-refractivity contribution in [1.82, 2.24) is 4.98 Å². The molecule has 0 radical (unpaired) electrons. The first-order valence-corrected chi connectivity index (χ1v) is 6.87. The van der Waals surface area contributed by atoms with E-state index in [2.05, 4.69) is 24.1 Å². The van der Waals surface area contributed by atoms with Gasteiger partial charge < -0.3 is 10.1 Å². The minimum Gasteiger partial charge on any atom is -0.481 e. The highest BCUT2D eigenvalue weighted by atomic mass is 16.6. The number of hydrogen-bond acceptors (Lipinski definition) is 5. The lowest BCUT2D eigenvalue weighted by Crippen LogP contribution is -2.30. The van der Waals surface area contributed by atoms with Crippen molar-refractivity contribution in [1.29, 1.82) is 0 Å². The fourth-order valence-corrected chi connectivity index (χ4v) is 2.54. The van der Waals surface area contributed by atoms with E-state index in [1.807, 2.05) is 0 Å². The van der Waals surface area contributed by atoms with Crippen molar-refractivity contribution in [2.75, 3.05) is 12.4 Å². The zero-order valence-corrected chi connectivity index (χ0v) is 12.2. The average molecular weight is 279 g/mol. The summed E-state index contributed by atoms with van der Waals surface area (Å²) in [5, 5.41) is 14.3. The Morgan fingerprint density at radius 2 is 2.05 bits per heavy atom. The van der Waals surface area contributed by atoms with Crippen LogP contribution >= 0.6 is 0 Å². The maximum absolute atomic E-state index is 11.1. The lowest BCUT2D eigenvalue weighted by Gasteiger charge is -2.34. The molecule has 1 saturated carbocycles. The first-order valence-electron chi connectivity index (χ1n) is 6.87. The van der Waals surface area contributed by atoms with Gasteiger partial charge in [-0.1, -0.05) is 13.8 Å². The summed E-state index contributed by atoms with van der Waals surface area (Å²) in [4.78, 5) is 14.8. The van der Waals surface area contributed by atoms with Crippen LogP contribution in [0.2, 0.25) is 0 Å². The van der Waals surface area contributed by atoms with Gasteiger partial charge in [0.05, 0.1) is 12.0 Å². The zero-order chi connectivity index (χ0) is 14.8. The highest BCUT2D eigenvalue weighted by Gasteiger charge is 2.28. The van der Waals surface area contributed by atoms with Crippen molar-refractivity contribution in [2.45, 2.75) is 45.6 Å². The summed E-state index contributed by atoms with van der Waals surface area (Å²) in [6.45, 7) is 4.52. The van der Waals surface area contributed by atoms with Crippen molar-refractivity contribution in [3.8, 4) is 5.88 Å². The standard InChI is InChI=1S/C14H21N3O3/c1-14(2)8-6-10(7-9-14)15-13-11(17(18)19)4-5-12(16-13)20-3/h4-5,10H,6-9H2,1-3H3,(H,15,16). The van der Waals surface area contributed by atoms with Gasteiger partial charge >= 0.3 is 5.69 Å². The van der Waals surface area contributed by atoms with Gasteiger partial charge in [-0.2, -0.15) is 4.98 Å². The molecule has 20 heavy (non-hydrogen) atoms. The molecule has 6 heteroatoms. The second kappa shape index (κ2) is 5.64. The minimum absolute atomic E-state index is 0.00404. The lowest BCUT2D eigenvalue weighted by molar-refractivity contribution is -0.384. The Balaban J connectivity index is 2.14. The number of nitrogens with zero attached hydrogens (tertiary/aromatic N) is 2. The Kier molecular flexibility index (Phi) is 4.11. The van der Waals surface area contributed by atoms with Crippen LogP contribution in [-0.2, 0) is 0 Å². The number of nitro groups is 1. The summed E-state index contributed by atoms with van der Waals surface area (Å²) < 4.78 is 5.04. The molecule has 1 N–H and O–H groups in total. The Morgan fingerprint density at radius 3 is 2.60 bits per heavy atom. The number of anilines is 1. The molecular weight excluding hydrogens is 258 g/mol. The summed E-state index contributed by atoms with van der Waals surface area (Å²) >= 11 is 0. The van der Waals surface area contributed by atoms with Gasteiger partial charge in [-0.25, -0.2) is 0 Å². The number of methoxy groups -OCH3 is 1. The molecule has 2 rings (SSSR count). The van der Waals surface area contributed by atoms with Crippen LogP contribution in [0.5, 0.6) is 5.88 Å². The third kappa shape index (κ3) is 3.37. The van der Waals surface area contributed by atoms with E-state index < -0.39 is 4.92 Å². The monoisotopic (exact) mass is 279 g/mol. The molecular formula is C14H21N3O3. The van der Waals surface area contributed by atoms with Gasteiger partial charge in [0, 0.05) is 18.2 Å². The molecule has 0 unspecified atom stereocenters. The molecule has 0 saturated heterocycles. The molecule has 1 aliphatic rings. The van der Waals surface area contributed by atoms with E-state index in [0.717, 1.165) is 25.7 Å². The van der Waals surface area contributed by atoms with Crippen LogP contribution in [0.3, 0.4) is 0 Å². The fraction of sp³-hybridized carbons (Fsp3) is 0.643. The third-order valence-electron chi connectivity index (χ3n) is 3.93. The quantitative estimate of drug-likeness (QED) is 0.675. The van der Waals surface area contributed by atoms with E-state index in [9.17, 15) is 10.1 Å². The molecule has 1 aromatic rings. The van der Waals surface area contributed by atoms with E-state index in [0.29, 0.717) is 17.1 Å². The summed E-state index contributed by atoms with van der Waals surface area (Å²) in [5.41, 5.74) is 0.363. The average Bonchev–Trinajstić information content (AvgIpc) is 2.40. The maximum atomic E-state index is 11.1. The molecule has 0 spiro atoms. The second-order valence-corrected chi connectivity index (χ2v) is 6.06. The highest BCUT2D eigenvalue weighted by Crippen LogP contribution is 2.37. The molecule has 0 amide bonds. The minimum atomic E-state index is -0.415. The van der Waals surface area contributed by atoms with Crippen LogP contribution in [0.4, 0.5) is 11.5 Å². The molecule has 6 nitrogen and oxygen atoms in total. The maximum Gasteiger partial charge on any atom is 0.311 e. The lowest BCUT2D eigenvalue weighted by atomic mass is 9.75. The third-order valence-corrected chi connectivity index (χ3v) is 3.93. The number of aromatic nitrogens is 1. The van der Waals surface area contributed by atoms with E-state index in [-0.39, 0.29) is 11.7 Å². The van der Waals surface area contributed by atoms with Crippen LogP contribution in [0.25, 0.3) is 0 Å². The van der Waals surface area contributed by atoms with Crippen LogP contribution in [0, 0.1) is 15.5 Å². The molecule has 0 aliphatic heterocycles.